The number of hydrogen-bond acceptors (Lipinski definition) is 12. The molecule has 0 saturated carbocycles. The van der Waals surface area contributed by atoms with Crippen molar-refractivity contribution in [3.63, 3.8) is 0 Å². The van der Waals surface area contributed by atoms with Crippen molar-refractivity contribution in [2.24, 2.45) is 12.0 Å². The summed E-state index contributed by atoms with van der Waals surface area (Å²) in [5.41, 5.74) is 0.475. The third-order valence-corrected chi connectivity index (χ3v) is 10.2. The van der Waals surface area contributed by atoms with Crippen LogP contribution < -0.4 is 26.8 Å². The van der Waals surface area contributed by atoms with Gasteiger partial charge in [-0.25, -0.2) is 42.0 Å². The van der Waals surface area contributed by atoms with E-state index < -0.39 is 62.0 Å². The van der Waals surface area contributed by atoms with Gasteiger partial charge in [-0.3, -0.25) is 33.9 Å². The fourth-order valence-corrected chi connectivity index (χ4v) is 6.92. The Hall–Kier alpha value is -6.64. The average Bonchev–Trinajstić information content (AvgIpc) is 3.19. The van der Waals surface area contributed by atoms with E-state index in [1.807, 2.05) is 16.7 Å². The highest BCUT2D eigenvalue weighted by Crippen LogP contribution is 2.25. The number of methoxy groups -OCH3 is 1. The van der Waals surface area contributed by atoms with E-state index in [0.29, 0.717) is 36.4 Å². The van der Waals surface area contributed by atoms with Gasteiger partial charge in [0.05, 0.1) is 33.2 Å². The third-order valence-electron chi connectivity index (χ3n) is 8.86. The number of aryl methyl sites for hydroxylation is 1. The number of carbonyl (C=O) groups excluding carboxylic acids is 2. The predicted octanol–water partition coefficient (Wildman–Crippen LogP) is 1.74. The fraction of sp³-hybridized carbons (Fsp3) is 0.194. The summed E-state index contributed by atoms with van der Waals surface area (Å²) >= 11 is 0. The number of halogens is 2. The van der Waals surface area contributed by atoms with Gasteiger partial charge in [-0.05, 0) is 47.0 Å². The van der Waals surface area contributed by atoms with Gasteiger partial charge in [-0.1, -0.05) is 18.2 Å². The number of benzene rings is 2. The van der Waals surface area contributed by atoms with Crippen LogP contribution in [-0.2, 0) is 33.0 Å². The molecule has 0 bridgehead atoms. The molecule has 2 amide bonds. The first-order valence-electron chi connectivity index (χ1n) is 16.6. The van der Waals surface area contributed by atoms with Crippen LogP contribution in [-0.4, -0.2) is 88.6 Å². The first-order chi connectivity index (χ1) is 26.7. The molecule has 0 fully saturated rings. The van der Waals surface area contributed by atoms with E-state index in [-0.39, 0.29) is 28.1 Å². The van der Waals surface area contributed by atoms with E-state index in [4.69, 9.17) is 4.74 Å². The van der Waals surface area contributed by atoms with Gasteiger partial charge in [0, 0.05) is 58.8 Å². The zero-order chi connectivity index (χ0) is 40.3. The molecule has 3 aromatic heterocycles. The van der Waals surface area contributed by atoms with Gasteiger partial charge >= 0.3 is 5.69 Å². The van der Waals surface area contributed by atoms with Crippen LogP contribution in [0.3, 0.4) is 0 Å². The molecule has 0 unspecified atom stereocenters. The second-order valence-corrected chi connectivity index (χ2v) is 14.2. The van der Waals surface area contributed by atoms with Crippen molar-refractivity contribution in [2.75, 3.05) is 32.0 Å². The summed E-state index contributed by atoms with van der Waals surface area (Å²) in [4.78, 5) is 65.8. The molecule has 4 N–H and O–H groups in total. The van der Waals surface area contributed by atoms with Crippen molar-refractivity contribution >= 4 is 49.8 Å². The summed E-state index contributed by atoms with van der Waals surface area (Å²) in [7, 11) is 0.428. The Morgan fingerprint density at radius 1 is 1.02 bits per heavy atom. The second-order valence-electron chi connectivity index (χ2n) is 12.5. The number of sulfonamides is 1. The van der Waals surface area contributed by atoms with Crippen molar-refractivity contribution in [3.05, 3.63) is 129 Å². The van der Waals surface area contributed by atoms with Crippen LogP contribution in [0.15, 0.2) is 98.9 Å². The monoisotopic (exact) mass is 789 g/mol. The van der Waals surface area contributed by atoms with Gasteiger partial charge in [0.1, 0.15) is 35.9 Å². The number of hydrogen-bond donors (Lipinski definition) is 4. The maximum atomic E-state index is 15.3. The molecule has 2 aromatic carbocycles. The molecule has 0 aliphatic carbocycles. The summed E-state index contributed by atoms with van der Waals surface area (Å²) in [6, 6.07) is 9.24. The lowest BCUT2D eigenvalue weighted by Crippen LogP contribution is -2.47. The van der Waals surface area contributed by atoms with E-state index >= 15 is 8.78 Å². The molecular weight excluding hydrogens is 757 g/mol. The molecule has 20 heteroatoms. The minimum Gasteiger partial charge on any atom is -0.377 e. The number of likely N-dealkylation sites (N-methyl/N-ethyl adjacent to an activating group) is 1. The normalized spacial score (nSPS) is 13.5. The summed E-state index contributed by atoms with van der Waals surface area (Å²) in [5.74, 6) is -4.35. The van der Waals surface area contributed by atoms with Crippen LogP contribution in [0.25, 0.3) is 22.3 Å². The standard InChI is InChI=1S/C36H33F2N9O8S/c1-45-18-22(16-41-32(45)19-55-3)21-5-7-23(8-6-21)56(53,54)44-28-14-26(37)25(13-27(28)38)33(48)42-29(34(49)43-52)12-20-4-9-31(40-15-20)47-35(50)24-10-11-39-17-30(24)46(2)36(47)51/h4-11,13-17,29,44,52H,12,18-19H2,1-3H3,(H,42,48)(H,43,49)/t29-/m0/s1. The summed E-state index contributed by atoms with van der Waals surface area (Å²) in [5, 5.41) is 11.8. The number of hydroxylamine groups is 1. The highest BCUT2D eigenvalue weighted by molar-refractivity contribution is 7.92. The van der Waals surface area contributed by atoms with E-state index in [0.717, 1.165) is 16.0 Å². The largest absolute Gasteiger partial charge is 0.377 e. The van der Waals surface area contributed by atoms with Gasteiger partial charge < -0.3 is 15.0 Å². The topological polar surface area (TPSA) is 219 Å². The molecule has 1 atom stereocenters. The Labute approximate surface area is 316 Å². The molecule has 290 valence electrons. The van der Waals surface area contributed by atoms with Crippen LogP contribution in [0.1, 0.15) is 21.5 Å². The number of anilines is 1. The van der Waals surface area contributed by atoms with Gasteiger partial charge in [0.2, 0.25) is 0 Å². The number of aliphatic imine (C=N–C) groups is 1. The lowest BCUT2D eigenvalue weighted by molar-refractivity contribution is -0.131. The Balaban J connectivity index is 1.16. The summed E-state index contributed by atoms with van der Waals surface area (Å²) < 4.78 is 65.9. The third kappa shape index (κ3) is 7.92. The molecule has 5 aromatic rings. The minimum absolute atomic E-state index is 0.0482. The first kappa shape index (κ1) is 39.1. The number of ether oxygens (including phenoxy) is 1. The Kier molecular flexibility index (Phi) is 11.2. The van der Waals surface area contributed by atoms with Gasteiger partial charge in [-0.15, -0.1) is 0 Å². The molecule has 1 aliphatic heterocycles. The van der Waals surface area contributed by atoms with E-state index in [2.05, 4.69) is 20.3 Å². The number of nitrogens with one attached hydrogen (secondary N) is 3. The molecule has 6 rings (SSSR count). The molecule has 0 radical (unpaired) electrons. The molecule has 4 heterocycles. The van der Waals surface area contributed by atoms with Gasteiger partial charge in [0.25, 0.3) is 27.4 Å². The van der Waals surface area contributed by atoms with Crippen molar-refractivity contribution in [2.45, 2.75) is 17.4 Å². The quantitative estimate of drug-likeness (QED) is 0.105. The molecule has 0 spiro atoms. The molecule has 0 saturated heterocycles. The summed E-state index contributed by atoms with van der Waals surface area (Å²) in [6.07, 6.45) is 5.31. The number of amides is 2. The number of amidine groups is 1. The molecule has 17 nitrogen and oxygen atoms in total. The highest BCUT2D eigenvalue weighted by atomic mass is 32.2. The van der Waals surface area contributed by atoms with Crippen molar-refractivity contribution in [3.8, 4) is 5.82 Å². The average molecular weight is 790 g/mol. The number of pyridine rings is 2. The Morgan fingerprint density at radius 2 is 1.77 bits per heavy atom. The number of carbonyl (C=O) groups is 2. The fourth-order valence-electron chi connectivity index (χ4n) is 5.86. The first-order valence-corrected chi connectivity index (χ1v) is 18.0. The molecule has 56 heavy (non-hydrogen) atoms. The second kappa shape index (κ2) is 16.0. The lowest BCUT2D eigenvalue weighted by Gasteiger charge is -2.25. The SMILES string of the molecule is COCC1=NC=C(c2ccc(S(=O)(=O)Nc3cc(F)c(C(=O)N[C@@H](Cc4ccc(-n5c(=O)c6ccncc6n(C)c5=O)nc4)C(=O)NO)cc3F)cc2)CN1C. The van der Waals surface area contributed by atoms with Gasteiger partial charge in [-0.2, -0.15) is 0 Å². The Morgan fingerprint density at radius 3 is 2.43 bits per heavy atom. The van der Waals surface area contributed by atoms with Crippen LogP contribution >= 0.6 is 0 Å². The van der Waals surface area contributed by atoms with E-state index in [1.165, 1.54) is 66.0 Å². The van der Waals surface area contributed by atoms with Crippen molar-refractivity contribution in [1.82, 2.24) is 34.8 Å². The maximum absolute atomic E-state index is 15.3. The molecular formula is C36H33F2N9O8S. The van der Waals surface area contributed by atoms with Crippen LogP contribution in [0.2, 0.25) is 0 Å². The van der Waals surface area contributed by atoms with Gasteiger partial charge in [0.15, 0.2) is 0 Å². The number of rotatable bonds is 12. The maximum Gasteiger partial charge on any atom is 0.337 e. The van der Waals surface area contributed by atoms with Crippen LogP contribution in [0, 0.1) is 11.6 Å². The number of aromatic nitrogens is 4. The van der Waals surface area contributed by atoms with E-state index in [9.17, 15) is 32.8 Å². The minimum atomic E-state index is -4.42. The smallest absolute Gasteiger partial charge is 0.337 e. The van der Waals surface area contributed by atoms with Crippen LogP contribution in [0.4, 0.5) is 14.5 Å². The lowest BCUT2D eigenvalue weighted by atomic mass is 10.1. The highest BCUT2D eigenvalue weighted by Gasteiger charge is 2.26. The summed E-state index contributed by atoms with van der Waals surface area (Å²) in [6.45, 7) is 0.815. The van der Waals surface area contributed by atoms with Crippen molar-refractivity contribution < 1.29 is 36.7 Å². The Bertz CT molecular complexity index is 2650. The number of fused-ring (bicyclic) bond motifs is 1. The van der Waals surface area contributed by atoms with Crippen LogP contribution in [0.5, 0.6) is 0 Å². The molecule has 1 aliphatic rings. The van der Waals surface area contributed by atoms with E-state index in [1.54, 1.807) is 25.4 Å². The zero-order valence-corrected chi connectivity index (χ0v) is 30.7. The van der Waals surface area contributed by atoms with Crippen molar-refractivity contribution in [1.29, 1.82) is 0 Å². The zero-order valence-electron chi connectivity index (χ0n) is 29.9. The predicted molar refractivity (Wildman–Crippen MR) is 199 cm³/mol. The number of nitrogens with zero attached hydrogens (tertiary/aromatic N) is 6.